The Hall–Kier alpha value is -4.29. The highest BCUT2D eigenvalue weighted by molar-refractivity contribution is 6.35. The number of primary amides is 1. The van der Waals surface area contributed by atoms with Gasteiger partial charge in [0.25, 0.3) is 5.91 Å². The van der Waals surface area contributed by atoms with Crippen molar-refractivity contribution in [1.29, 1.82) is 0 Å². The lowest BCUT2D eigenvalue weighted by molar-refractivity contribution is -0.128. The van der Waals surface area contributed by atoms with E-state index < -0.39 is 11.7 Å². The van der Waals surface area contributed by atoms with Crippen LogP contribution in [0.4, 0.5) is 16.2 Å². The fourth-order valence-electron chi connectivity index (χ4n) is 6.27. The Balaban J connectivity index is 1.57. The van der Waals surface area contributed by atoms with Gasteiger partial charge in [-0.3, -0.25) is 14.7 Å². The number of carbonyl (C=O) groups is 2. The molecule has 2 fully saturated rings. The molecule has 4 aromatic rings. The molecule has 2 aliphatic rings. The maximum Gasteiger partial charge on any atom is 0.269 e. The lowest BCUT2D eigenvalue weighted by Gasteiger charge is -2.45. The number of benzene rings is 2. The molecule has 4 heterocycles. The van der Waals surface area contributed by atoms with Gasteiger partial charge in [0.1, 0.15) is 11.3 Å². The summed E-state index contributed by atoms with van der Waals surface area (Å²) in [5, 5.41) is 7.90. The molecule has 13 heteroatoms. The first-order valence-electron chi connectivity index (χ1n) is 14.5. The standard InChI is InChI=1S/C31H35ClFN9O2/c1-7-22(43)41-11-17(4)42(12-16(41)3)30-19-10-20(32)24(23-15(2)8-9-21-25(23)28(29(34)44)38-37-21)26(33)27(19)35-31(36-30)40-13-18(14-40)39(5)6/h7-10,16-18H,1,11-14H2,2-6H3,(H2,34,44)(H,37,38)/t16?,17-/m0/s1. The van der Waals surface area contributed by atoms with Gasteiger partial charge in [0, 0.05) is 66.2 Å². The summed E-state index contributed by atoms with van der Waals surface area (Å²) in [5.41, 5.74) is 7.52. The normalized spacial score (nSPS) is 19.2. The number of piperazine rings is 1. The molecule has 1 unspecified atom stereocenters. The summed E-state index contributed by atoms with van der Waals surface area (Å²) in [6, 6.07) is 5.32. The molecule has 2 atom stereocenters. The number of hydrogen-bond acceptors (Lipinski definition) is 8. The summed E-state index contributed by atoms with van der Waals surface area (Å²) in [6.45, 7) is 11.8. The highest BCUT2D eigenvalue weighted by Gasteiger charge is 2.36. The van der Waals surface area contributed by atoms with Gasteiger partial charge in [-0.15, -0.1) is 0 Å². The predicted molar refractivity (Wildman–Crippen MR) is 171 cm³/mol. The van der Waals surface area contributed by atoms with Gasteiger partial charge in [0.05, 0.1) is 10.5 Å². The number of likely N-dealkylation sites (N-methyl/N-ethyl adjacent to an activating group) is 1. The van der Waals surface area contributed by atoms with Crippen LogP contribution in [0.15, 0.2) is 30.9 Å². The second-order valence-corrected chi connectivity index (χ2v) is 12.4. The first-order valence-corrected chi connectivity index (χ1v) is 14.9. The topological polar surface area (TPSA) is 128 Å². The molecule has 2 aromatic carbocycles. The van der Waals surface area contributed by atoms with Gasteiger partial charge in [-0.25, -0.2) is 9.37 Å². The molecule has 230 valence electrons. The third kappa shape index (κ3) is 4.72. The summed E-state index contributed by atoms with van der Waals surface area (Å²) >= 11 is 6.93. The summed E-state index contributed by atoms with van der Waals surface area (Å²) in [4.78, 5) is 42.6. The molecule has 3 N–H and O–H groups in total. The Morgan fingerprint density at radius 3 is 2.52 bits per heavy atom. The molecule has 0 saturated carbocycles. The Morgan fingerprint density at radius 1 is 1.14 bits per heavy atom. The van der Waals surface area contributed by atoms with E-state index in [2.05, 4.69) is 26.6 Å². The minimum Gasteiger partial charge on any atom is -0.364 e. The van der Waals surface area contributed by atoms with Crippen molar-refractivity contribution in [3.05, 3.63) is 53.0 Å². The third-order valence-electron chi connectivity index (χ3n) is 8.86. The average Bonchev–Trinajstić information content (AvgIpc) is 3.38. The largest absolute Gasteiger partial charge is 0.364 e. The van der Waals surface area contributed by atoms with Crippen molar-refractivity contribution < 1.29 is 14.0 Å². The first-order chi connectivity index (χ1) is 20.9. The van der Waals surface area contributed by atoms with E-state index in [-0.39, 0.29) is 39.8 Å². The maximum absolute atomic E-state index is 17.0. The van der Waals surface area contributed by atoms with Crippen molar-refractivity contribution in [2.75, 3.05) is 50.1 Å². The molecule has 0 spiro atoms. The summed E-state index contributed by atoms with van der Waals surface area (Å²) in [5.74, 6) is -0.538. The predicted octanol–water partition coefficient (Wildman–Crippen LogP) is 3.73. The number of anilines is 2. The number of fused-ring (bicyclic) bond motifs is 2. The zero-order valence-electron chi connectivity index (χ0n) is 25.4. The van der Waals surface area contributed by atoms with E-state index in [1.54, 1.807) is 17.0 Å². The molecule has 44 heavy (non-hydrogen) atoms. The summed E-state index contributed by atoms with van der Waals surface area (Å²) in [6.07, 6.45) is 1.32. The molecule has 0 bridgehead atoms. The quantitative estimate of drug-likeness (QED) is 0.313. The maximum atomic E-state index is 17.0. The van der Waals surface area contributed by atoms with Crippen LogP contribution >= 0.6 is 11.6 Å². The van der Waals surface area contributed by atoms with Crippen LogP contribution in [0, 0.1) is 12.7 Å². The Bertz CT molecular complexity index is 1830. The molecule has 0 aliphatic carbocycles. The van der Waals surface area contributed by atoms with Gasteiger partial charge in [0.2, 0.25) is 11.9 Å². The van der Waals surface area contributed by atoms with Gasteiger partial charge in [-0.1, -0.05) is 24.2 Å². The fraction of sp³-hybridized carbons (Fsp3) is 0.387. The van der Waals surface area contributed by atoms with Crippen LogP contribution in [0.3, 0.4) is 0 Å². The van der Waals surface area contributed by atoms with Gasteiger partial charge in [-0.2, -0.15) is 10.1 Å². The van der Waals surface area contributed by atoms with E-state index in [1.807, 2.05) is 45.8 Å². The second-order valence-electron chi connectivity index (χ2n) is 12.0. The summed E-state index contributed by atoms with van der Waals surface area (Å²) < 4.78 is 17.0. The number of hydrogen-bond donors (Lipinski definition) is 2. The number of nitrogens with one attached hydrogen (secondary N) is 1. The first kappa shape index (κ1) is 29.8. The number of aromatic nitrogens is 4. The SMILES string of the molecule is C=CC(=O)N1C[C@H](C)N(c2nc(N3CC(N(C)C)C3)nc3c(F)c(-c4c(C)ccc5[nH]nc(C(N)=O)c45)c(Cl)cc23)CC1C. The summed E-state index contributed by atoms with van der Waals surface area (Å²) in [7, 11) is 4.05. The van der Waals surface area contributed by atoms with Crippen molar-refractivity contribution in [3.8, 4) is 11.1 Å². The molecule has 2 amide bonds. The minimum absolute atomic E-state index is 0.00314. The molecule has 2 saturated heterocycles. The Morgan fingerprint density at radius 2 is 1.86 bits per heavy atom. The van der Waals surface area contributed by atoms with Crippen molar-refractivity contribution in [3.63, 3.8) is 0 Å². The third-order valence-corrected chi connectivity index (χ3v) is 9.16. The number of aromatic amines is 1. The van der Waals surface area contributed by atoms with E-state index in [1.165, 1.54) is 6.08 Å². The molecule has 6 rings (SSSR count). The van der Waals surface area contributed by atoms with Crippen LogP contribution in [-0.4, -0.2) is 100 Å². The zero-order chi connectivity index (χ0) is 31.6. The van der Waals surface area contributed by atoms with E-state index in [0.29, 0.717) is 71.4 Å². The monoisotopic (exact) mass is 619 g/mol. The number of rotatable bonds is 6. The Labute approximate surface area is 259 Å². The van der Waals surface area contributed by atoms with Crippen LogP contribution in [0.2, 0.25) is 5.02 Å². The number of halogens is 2. The molecule has 2 aliphatic heterocycles. The van der Waals surface area contributed by atoms with Crippen LogP contribution in [-0.2, 0) is 4.79 Å². The smallest absolute Gasteiger partial charge is 0.269 e. The number of amides is 2. The van der Waals surface area contributed by atoms with E-state index >= 15 is 4.39 Å². The van der Waals surface area contributed by atoms with Crippen molar-refractivity contribution in [2.24, 2.45) is 5.73 Å². The van der Waals surface area contributed by atoms with E-state index in [9.17, 15) is 9.59 Å². The van der Waals surface area contributed by atoms with Crippen LogP contribution in [0.5, 0.6) is 0 Å². The van der Waals surface area contributed by atoms with Crippen molar-refractivity contribution in [1.82, 2.24) is 30.0 Å². The van der Waals surface area contributed by atoms with Crippen LogP contribution in [0.25, 0.3) is 32.9 Å². The lowest BCUT2D eigenvalue weighted by Crippen LogP contribution is -2.59. The molecule has 2 aromatic heterocycles. The van der Waals surface area contributed by atoms with E-state index in [4.69, 9.17) is 27.3 Å². The van der Waals surface area contributed by atoms with Gasteiger partial charge in [0.15, 0.2) is 11.5 Å². The zero-order valence-corrected chi connectivity index (χ0v) is 26.1. The molecule has 11 nitrogen and oxygen atoms in total. The number of nitrogens with zero attached hydrogens (tertiary/aromatic N) is 7. The van der Waals surface area contributed by atoms with Gasteiger partial charge >= 0.3 is 0 Å². The number of aryl methyl sites for hydroxylation is 1. The number of H-pyrrole nitrogens is 1. The molecular formula is C31H35ClFN9O2. The minimum atomic E-state index is -0.738. The van der Waals surface area contributed by atoms with Crippen molar-refractivity contribution in [2.45, 2.75) is 38.9 Å². The number of nitrogens with two attached hydrogens (primary N) is 1. The van der Waals surface area contributed by atoms with E-state index in [0.717, 1.165) is 0 Å². The van der Waals surface area contributed by atoms with Crippen LogP contribution < -0.4 is 15.5 Å². The average molecular weight is 620 g/mol. The molecular weight excluding hydrogens is 585 g/mol. The Kier molecular flexibility index (Phi) is 7.45. The highest BCUT2D eigenvalue weighted by Crippen LogP contribution is 2.43. The number of carbonyl (C=O) groups excluding carboxylic acids is 2. The second kappa shape index (κ2) is 11.0. The fourth-order valence-corrected chi connectivity index (χ4v) is 6.55. The van der Waals surface area contributed by atoms with Crippen molar-refractivity contribution >= 4 is 57.0 Å². The van der Waals surface area contributed by atoms with Crippen LogP contribution in [0.1, 0.15) is 29.9 Å². The van der Waals surface area contributed by atoms with Gasteiger partial charge in [-0.05, 0) is 58.6 Å². The lowest BCUT2D eigenvalue weighted by atomic mass is 9.93. The highest BCUT2D eigenvalue weighted by atomic mass is 35.5. The molecule has 0 radical (unpaired) electrons. The van der Waals surface area contributed by atoms with Gasteiger partial charge < -0.3 is 25.3 Å².